The third-order valence-electron chi connectivity index (χ3n) is 2.29. The van der Waals surface area contributed by atoms with E-state index in [-0.39, 0.29) is 0 Å². The molecular formula is C11H25NOS. The Kier molecular flexibility index (Phi) is 8.49. The van der Waals surface area contributed by atoms with Crippen LogP contribution in [0.2, 0.25) is 0 Å². The van der Waals surface area contributed by atoms with Crippen LogP contribution in [0.3, 0.4) is 0 Å². The van der Waals surface area contributed by atoms with Crippen LogP contribution in [0, 0.1) is 5.92 Å². The van der Waals surface area contributed by atoms with Crippen LogP contribution in [-0.4, -0.2) is 28.8 Å². The van der Waals surface area contributed by atoms with Gasteiger partial charge in [-0.2, -0.15) is 0 Å². The molecule has 0 rings (SSSR count). The van der Waals surface area contributed by atoms with E-state index in [0.717, 1.165) is 24.6 Å². The van der Waals surface area contributed by atoms with E-state index in [0.29, 0.717) is 6.04 Å². The van der Waals surface area contributed by atoms with Crippen LogP contribution in [0.5, 0.6) is 0 Å². The normalized spacial score (nSPS) is 15.8. The van der Waals surface area contributed by atoms with E-state index >= 15 is 0 Å². The van der Waals surface area contributed by atoms with Gasteiger partial charge in [0, 0.05) is 28.9 Å². The summed E-state index contributed by atoms with van der Waals surface area (Å²) in [7, 11) is -0.641. The molecule has 2 unspecified atom stereocenters. The van der Waals surface area contributed by atoms with Crippen molar-refractivity contribution in [3.05, 3.63) is 0 Å². The molecule has 0 aliphatic heterocycles. The molecule has 2 nitrogen and oxygen atoms in total. The second kappa shape index (κ2) is 8.42. The van der Waals surface area contributed by atoms with Gasteiger partial charge in [0.2, 0.25) is 0 Å². The second-order valence-corrected chi connectivity index (χ2v) is 6.01. The first-order valence-corrected chi connectivity index (χ1v) is 7.28. The zero-order valence-electron chi connectivity index (χ0n) is 10.0. The average molecular weight is 219 g/mol. The summed E-state index contributed by atoms with van der Waals surface area (Å²) in [6, 6.07) is 0.506. The molecule has 0 bridgehead atoms. The Bertz CT molecular complexity index is 159. The molecule has 3 heteroatoms. The smallest absolute Gasteiger partial charge is 0.0246 e. The minimum absolute atomic E-state index is 0.506. The van der Waals surface area contributed by atoms with Gasteiger partial charge in [-0.05, 0) is 38.6 Å². The first kappa shape index (κ1) is 14.1. The fourth-order valence-corrected chi connectivity index (χ4v) is 1.99. The van der Waals surface area contributed by atoms with Gasteiger partial charge in [-0.15, -0.1) is 0 Å². The number of hydrogen-bond acceptors (Lipinski definition) is 2. The van der Waals surface area contributed by atoms with Crippen LogP contribution in [0.25, 0.3) is 0 Å². The van der Waals surface area contributed by atoms with Crippen molar-refractivity contribution in [1.82, 2.24) is 5.32 Å². The van der Waals surface area contributed by atoms with Gasteiger partial charge in [0.25, 0.3) is 0 Å². The van der Waals surface area contributed by atoms with E-state index < -0.39 is 10.8 Å². The van der Waals surface area contributed by atoms with Crippen molar-refractivity contribution in [2.75, 3.05) is 18.6 Å². The van der Waals surface area contributed by atoms with Gasteiger partial charge in [0.15, 0.2) is 0 Å². The van der Waals surface area contributed by atoms with Crippen molar-refractivity contribution in [3.63, 3.8) is 0 Å². The summed E-state index contributed by atoms with van der Waals surface area (Å²) >= 11 is 0. The van der Waals surface area contributed by atoms with Crippen molar-refractivity contribution < 1.29 is 4.21 Å². The lowest BCUT2D eigenvalue weighted by molar-refractivity contribution is 0.483. The summed E-state index contributed by atoms with van der Waals surface area (Å²) in [5.41, 5.74) is 0. The molecule has 14 heavy (non-hydrogen) atoms. The monoisotopic (exact) mass is 219 g/mol. The molecule has 0 aromatic carbocycles. The first-order valence-electron chi connectivity index (χ1n) is 5.55. The van der Waals surface area contributed by atoms with E-state index in [1.807, 2.05) is 0 Å². The second-order valence-electron chi connectivity index (χ2n) is 4.46. The molecule has 2 atom stereocenters. The van der Waals surface area contributed by atoms with Gasteiger partial charge in [-0.3, -0.25) is 4.21 Å². The Morgan fingerprint density at radius 2 is 1.86 bits per heavy atom. The first-order chi connectivity index (χ1) is 6.52. The predicted octanol–water partition coefficient (Wildman–Crippen LogP) is 2.17. The standard InChI is InChI=1S/C11H25NOS/c1-10(2)6-5-8-12-11(3)7-9-14(4)13/h10-12H,5-9H2,1-4H3. The lowest BCUT2D eigenvalue weighted by Gasteiger charge is -2.13. The van der Waals surface area contributed by atoms with E-state index in [4.69, 9.17) is 0 Å². The number of rotatable bonds is 8. The molecule has 1 N–H and O–H groups in total. The average Bonchev–Trinajstić information content (AvgIpc) is 2.08. The van der Waals surface area contributed by atoms with Gasteiger partial charge < -0.3 is 5.32 Å². The van der Waals surface area contributed by atoms with Gasteiger partial charge in [-0.25, -0.2) is 0 Å². The maximum atomic E-state index is 10.9. The van der Waals surface area contributed by atoms with Gasteiger partial charge in [0.05, 0.1) is 0 Å². The summed E-state index contributed by atoms with van der Waals surface area (Å²) in [6.07, 6.45) is 5.33. The molecule has 0 radical (unpaired) electrons. The molecule has 0 fully saturated rings. The minimum atomic E-state index is -0.641. The summed E-state index contributed by atoms with van der Waals surface area (Å²) in [5, 5.41) is 3.46. The molecule has 0 saturated heterocycles. The Hall–Kier alpha value is 0.110. The van der Waals surface area contributed by atoms with E-state index in [1.54, 1.807) is 6.26 Å². The van der Waals surface area contributed by atoms with Crippen molar-refractivity contribution in [3.8, 4) is 0 Å². The quantitative estimate of drug-likeness (QED) is 0.634. The lowest BCUT2D eigenvalue weighted by atomic mass is 10.1. The highest BCUT2D eigenvalue weighted by Gasteiger charge is 2.02. The highest BCUT2D eigenvalue weighted by Crippen LogP contribution is 2.02. The molecule has 0 aliphatic carbocycles. The van der Waals surface area contributed by atoms with Gasteiger partial charge >= 0.3 is 0 Å². The molecule has 0 spiro atoms. The van der Waals surface area contributed by atoms with Crippen LogP contribution in [-0.2, 0) is 10.8 Å². The maximum Gasteiger partial charge on any atom is 0.0246 e. The molecule has 86 valence electrons. The molecule has 0 aromatic rings. The lowest BCUT2D eigenvalue weighted by Crippen LogP contribution is -2.28. The number of nitrogens with one attached hydrogen (secondary N) is 1. The molecule has 0 heterocycles. The zero-order chi connectivity index (χ0) is 11.0. The van der Waals surface area contributed by atoms with E-state index in [1.165, 1.54) is 12.8 Å². The van der Waals surface area contributed by atoms with Crippen molar-refractivity contribution >= 4 is 10.8 Å². The van der Waals surface area contributed by atoms with Crippen LogP contribution in [0.15, 0.2) is 0 Å². The van der Waals surface area contributed by atoms with Crippen LogP contribution < -0.4 is 5.32 Å². The summed E-state index contributed by atoms with van der Waals surface area (Å²) < 4.78 is 10.9. The molecule has 0 aliphatic rings. The van der Waals surface area contributed by atoms with E-state index in [9.17, 15) is 4.21 Å². The van der Waals surface area contributed by atoms with Gasteiger partial charge in [0.1, 0.15) is 0 Å². The fourth-order valence-electron chi connectivity index (χ4n) is 1.30. The topological polar surface area (TPSA) is 29.1 Å². The van der Waals surface area contributed by atoms with Crippen LogP contribution >= 0.6 is 0 Å². The SMILES string of the molecule is CC(C)CCCNC(C)CCS(C)=O. The van der Waals surface area contributed by atoms with E-state index in [2.05, 4.69) is 26.1 Å². The largest absolute Gasteiger partial charge is 0.314 e. The third kappa shape index (κ3) is 10.2. The van der Waals surface area contributed by atoms with Crippen molar-refractivity contribution in [2.24, 2.45) is 5.92 Å². The molecule has 0 aromatic heterocycles. The highest BCUT2D eigenvalue weighted by molar-refractivity contribution is 7.84. The summed E-state index contributed by atoms with van der Waals surface area (Å²) in [4.78, 5) is 0. The zero-order valence-corrected chi connectivity index (χ0v) is 10.8. The Balaban J connectivity index is 3.26. The predicted molar refractivity (Wildman–Crippen MR) is 65.1 cm³/mol. The summed E-state index contributed by atoms with van der Waals surface area (Å²) in [6.45, 7) is 7.77. The van der Waals surface area contributed by atoms with Crippen LogP contribution in [0.4, 0.5) is 0 Å². The number of hydrogen-bond donors (Lipinski definition) is 1. The fraction of sp³-hybridized carbons (Fsp3) is 1.00. The molecular weight excluding hydrogens is 194 g/mol. The van der Waals surface area contributed by atoms with Crippen molar-refractivity contribution in [2.45, 2.75) is 46.1 Å². The van der Waals surface area contributed by atoms with Gasteiger partial charge in [-0.1, -0.05) is 13.8 Å². The third-order valence-corrected chi connectivity index (χ3v) is 3.10. The summed E-state index contributed by atoms with van der Waals surface area (Å²) in [5.74, 6) is 1.62. The Labute approximate surface area is 91.3 Å². The van der Waals surface area contributed by atoms with Crippen molar-refractivity contribution in [1.29, 1.82) is 0 Å². The maximum absolute atomic E-state index is 10.9. The minimum Gasteiger partial charge on any atom is -0.314 e. The molecule has 0 amide bonds. The molecule has 0 saturated carbocycles. The Morgan fingerprint density at radius 3 is 2.36 bits per heavy atom. The van der Waals surface area contributed by atoms with Crippen LogP contribution in [0.1, 0.15) is 40.0 Å². The Morgan fingerprint density at radius 1 is 1.21 bits per heavy atom. The highest BCUT2D eigenvalue weighted by atomic mass is 32.2.